The standard InChI is InChI=1S/C19H13BrN4O/c20-14-7-4-8-15(11-14)23-19-21-10-9-16(24-19)17-12-22-18(25-17)13-5-2-1-3-6-13/h1-12H,(H,21,23,24). The SMILES string of the molecule is Brc1cccc(Nc2nccc(-c3cnc(-c4ccccc4)o3)n2)c1. The van der Waals surface area contributed by atoms with Crippen molar-refractivity contribution in [3.63, 3.8) is 0 Å². The second-order valence-corrected chi connectivity index (χ2v) is 6.21. The molecule has 4 aromatic rings. The zero-order valence-electron chi connectivity index (χ0n) is 13.1. The molecular weight excluding hydrogens is 380 g/mol. The molecule has 0 atom stereocenters. The zero-order chi connectivity index (χ0) is 17.1. The first-order valence-electron chi connectivity index (χ1n) is 7.65. The van der Waals surface area contributed by atoms with Crippen LogP contribution in [0.4, 0.5) is 11.6 Å². The summed E-state index contributed by atoms with van der Waals surface area (Å²) < 4.78 is 6.83. The Morgan fingerprint density at radius 3 is 2.64 bits per heavy atom. The van der Waals surface area contributed by atoms with Crippen molar-refractivity contribution in [2.75, 3.05) is 5.32 Å². The third-order valence-electron chi connectivity index (χ3n) is 3.52. The van der Waals surface area contributed by atoms with Gasteiger partial charge in [0.25, 0.3) is 0 Å². The lowest BCUT2D eigenvalue weighted by atomic mass is 10.2. The maximum Gasteiger partial charge on any atom is 0.227 e. The molecule has 0 saturated heterocycles. The Hall–Kier alpha value is -2.99. The van der Waals surface area contributed by atoms with Crippen LogP contribution >= 0.6 is 15.9 Å². The molecule has 0 radical (unpaired) electrons. The molecule has 1 N–H and O–H groups in total. The van der Waals surface area contributed by atoms with Crippen molar-refractivity contribution in [2.45, 2.75) is 0 Å². The van der Waals surface area contributed by atoms with Crippen LogP contribution in [0.2, 0.25) is 0 Å². The quantitative estimate of drug-likeness (QED) is 0.510. The fraction of sp³-hybridized carbons (Fsp3) is 0. The number of nitrogens with zero attached hydrogens (tertiary/aromatic N) is 3. The molecule has 4 rings (SSSR count). The molecule has 0 aliphatic heterocycles. The van der Waals surface area contributed by atoms with Gasteiger partial charge in [0, 0.05) is 21.9 Å². The molecule has 2 aromatic heterocycles. The van der Waals surface area contributed by atoms with E-state index in [-0.39, 0.29) is 0 Å². The van der Waals surface area contributed by atoms with Crippen LogP contribution < -0.4 is 5.32 Å². The lowest BCUT2D eigenvalue weighted by Crippen LogP contribution is -1.97. The summed E-state index contributed by atoms with van der Waals surface area (Å²) in [5, 5.41) is 3.18. The van der Waals surface area contributed by atoms with Crippen molar-refractivity contribution in [3.05, 3.63) is 77.5 Å². The van der Waals surface area contributed by atoms with E-state index >= 15 is 0 Å². The fourth-order valence-electron chi connectivity index (χ4n) is 2.36. The minimum atomic E-state index is 0.494. The van der Waals surface area contributed by atoms with Crippen molar-refractivity contribution >= 4 is 27.6 Å². The topological polar surface area (TPSA) is 63.8 Å². The van der Waals surface area contributed by atoms with Gasteiger partial charge >= 0.3 is 0 Å². The minimum Gasteiger partial charge on any atom is -0.434 e. The van der Waals surface area contributed by atoms with Crippen LogP contribution in [0.5, 0.6) is 0 Å². The first-order chi connectivity index (χ1) is 12.3. The highest BCUT2D eigenvalue weighted by atomic mass is 79.9. The number of hydrogen-bond donors (Lipinski definition) is 1. The Labute approximate surface area is 152 Å². The van der Waals surface area contributed by atoms with Crippen LogP contribution in [0, 0.1) is 0 Å². The first kappa shape index (κ1) is 15.5. The normalized spacial score (nSPS) is 10.6. The maximum absolute atomic E-state index is 5.84. The summed E-state index contributed by atoms with van der Waals surface area (Å²) in [6.45, 7) is 0. The molecule has 0 spiro atoms. The molecule has 0 aliphatic rings. The Kier molecular flexibility index (Phi) is 4.26. The van der Waals surface area contributed by atoms with Gasteiger partial charge < -0.3 is 9.73 Å². The van der Waals surface area contributed by atoms with Crippen molar-refractivity contribution in [1.82, 2.24) is 15.0 Å². The van der Waals surface area contributed by atoms with Crippen LogP contribution in [0.1, 0.15) is 0 Å². The van der Waals surface area contributed by atoms with Crippen LogP contribution in [-0.4, -0.2) is 15.0 Å². The lowest BCUT2D eigenvalue weighted by Gasteiger charge is -2.05. The molecule has 0 fully saturated rings. The van der Waals surface area contributed by atoms with Gasteiger partial charge in [-0.2, -0.15) is 0 Å². The largest absolute Gasteiger partial charge is 0.434 e. The molecule has 25 heavy (non-hydrogen) atoms. The number of halogens is 1. The Balaban J connectivity index is 1.60. The summed E-state index contributed by atoms with van der Waals surface area (Å²) in [6.07, 6.45) is 3.36. The molecule has 0 saturated carbocycles. The zero-order valence-corrected chi connectivity index (χ0v) is 14.6. The Morgan fingerprint density at radius 1 is 0.920 bits per heavy atom. The van der Waals surface area contributed by atoms with E-state index in [9.17, 15) is 0 Å². The van der Waals surface area contributed by atoms with E-state index in [1.165, 1.54) is 0 Å². The molecule has 0 aliphatic carbocycles. The molecule has 6 heteroatoms. The van der Waals surface area contributed by atoms with Crippen LogP contribution in [0.25, 0.3) is 22.9 Å². The lowest BCUT2D eigenvalue weighted by molar-refractivity contribution is 0.586. The molecular formula is C19H13BrN4O. The monoisotopic (exact) mass is 392 g/mol. The third kappa shape index (κ3) is 3.59. The average Bonchev–Trinajstić information content (AvgIpc) is 3.13. The third-order valence-corrected chi connectivity index (χ3v) is 4.01. The number of oxazole rings is 1. The van der Waals surface area contributed by atoms with Gasteiger partial charge in [-0.3, -0.25) is 0 Å². The summed E-state index contributed by atoms with van der Waals surface area (Å²) in [7, 11) is 0. The summed E-state index contributed by atoms with van der Waals surface area (Å²) in [5.41, 5.74) is 2.49. The van der Waals surface area contributed by atoms with Gasteiger partial charge in [-0.1, -0.05) is 40.2 Å². The van der Waals surface area contributed by atoms with Crippen molar-refractivity contribution in [2.24, 2.45) is 0 Å². The van der Waals surface area contributed by atoms with E-state index in [0.717, 1.165) is 15.7 Å². The minimum absolute atomic E-state index is 0.494. The van der Waals surface area contributed by atoms with E-state index in [2.05, 4.69) is 36.2 Å². The second kappa shape index (κ2) is 6.86. The number of benzene rings is 2. The van der Waals surface area contributed by atoms with Gasteiger partial charge in [0.2, 0.25) is 11.8 Å². The van der Waals surface area contributed by atoms with Crippen molar-refractivity contribution in [1.29, 1.82) is 0 Å². The first-order valence-corrected chi connectivity index (χ1v) is 8.44. The average molecular weight is 393 g/mol. The summed E-state index contributed by atoms with van der Waals surface area (Å²) in [6, 6.07) is 19.4. The van der Waals surface area contributed by atoms with E-state index in [1.807, 2.05) is 54.6 Å². The van der Waals surface area contributed by atoms with E-state index in [4.69, 9.17) is 4.42 Å². The predicted octanol–water partition coefficient (Wildman–Crippen LogP) is 5.30. The number of nitrogens with one attached hydrogen (secondary N) is 1. The number of aromatic nitrogens is 3. The van der Waals surface area contributed by atoms with Crippen LogP contribution in [0.3, 0.4) is 0 Å². The van der Waals surface area contributed by atoms with E-state index < -0.39 is 0 Å². The number of anilines is 2. The fourth-order valence-corrected chi connectivity index (χ4v) is 2.76. The van der Waals surface area contributed by atoms with Gasteiger partial charge in [0.15, 0.2) is 5.76 Å². The van der Waals surface area contributed by atoms with Gasteiger partial charge in [-0.15, -0.1) is 0 Å². The molecule has 2 heterocycles. The molecule has 0 bridgehead atoms. The van der Waals surface area contributed by atoms with E-state index in [0.29, 0.717) is 23.3 Å². The van der Waals surface area contributed by atoms with E-state index in [1.54, 1.807) is 18.5 Å². The van der Waals surface area contributed by atoms with Crippen molar-refractivity contribution in [3.8, 4) is 22.9 Å². The summed E-state index contributed by atoms with van der Waals surface area (Å²) >= 11 is 3.45. The predicted molar refractivity (Wildman–Crippen MR) is 100 cm³/mol. The molecule has 0 unspecified atom stereocenters. The van der Waals surface area contributed by atoms with Gasteiger partial charge in [0.05, 0.1) is 6.20 Å². The Bertz CT molecular complexity index is 1000. The van der Waals surface area contributed by atoms with Crippen LogP contribution in [0.15, 0.2) is 81.9 Å². The van der Waals surface area contributed by atoms with Gasteiger partial charge in [0.1, 0.15) is 5.69 Å². The smallest absolute Gasteiger partial charge is 0.227 e. The number of hydrogen-bond acceptors (Lipinski definition) is 5. The van der Waals surface area contributed by atoms with Gasteiger partial charge in [-0.25, -0.2) is 15.0 Å². The molecule has 5 nitrogen and oxygen atoms in total. The highest BCUT2D eigenvalue weighted by Crippen LogP contribution is 2.25. The molecule has 122 valence electrons. The highest BCUT2D eigenvalue weighted by molar-refractivity contribution is 9.10. The van der Waals surface area contributed by atoms with Gasteiger partial charge in [-0.05, 0) is 36.4 Å². The maximum atomic E-state index is 5.84. The molecule has 2 aromatic carbocycles. The highest BCUT2D eigenvalue weighted by Gasteiger charge is 2.10. The summed E-state index contributed by atoms with van der Waals surface area (Å²) in [4.78, 5) is 13.1. The second-order valence-electron chi connectivity index (χ2n) is 5.30. The van der Waals surface area contributed by atoms with Crippen LogP contribution in [-0.2, 0) is 0 Å². The Morgan fingerprint density at radius 2 is 1.80 bits per heavy atom. The number of rotatable bonds is 4. The van der Waals surface area contributed by atoms with Crippen molar-refractivity contribution < 1.29 is 4.42 Å². The molecule has 0 amide bonds. The summed E-state index contributed by atoms with van der Waals surface area (Å²) in [5.74, 6) is 1.66.